The first-order valence-corrected chi connectivity index (χ1v) is 8.57. The number of para-hydroxylation sites is 1. The molecule has 0 aliphatic rings. The molecule has 0 spiro atoms. The molecule has 26 heavy (non-hydrogen) atoms. The summed E-state index contributed by atoms with van der Waals surface area (Å²) in [5, 5.41) is 2.71. The minimum atomic E-state index is -0.589. The molecule has 2 rings (SSSR count). The molecule has 5 nitrogen and oxygen atoms in total. The zero-order valence-electron chi connectivity index (χ0n) is 15.0. The maximum absolute atomic E-state index is 11.9. The van der Waals surface area contributed by atoms with Crippen molar-refractivity contribution in [3.05, 3.63) is 65.7 Å². The van der Waals surface area contributed by atoms with E-state index in [1.807, 2.05) is 56.3 Å². The lowest BCUT2D eigenvalue weighted by Crippen LogP contribution is -2.20. The Labute approximate surface area is 153 Å². The van der Waals surface area contributed by atoms with Crippen LogP contribution in [0.1, 0.15) is 25.0 Å². The lowest BCUT2D eigenvalue weighted by atomic mass is 10.1. The Balaban J connectivity index is 1.85. The zero-order valence-corrected chi connectivity index (χ0v) is 15.0. The molecule has 0 fully saturated rings. The Morgan fingerprint density at radius 1 is 1.08 bits per heavy atom. The number of hydrogen-bond donors (Lipinski definition) is 1. The highest BCUT2D eigenvalue weighted by Gasteiger charge is 2.06. The predicted octanol–water partition coefficient (Wildman–Crippen LogP) is 3.84. The van der Waals surface area contributed by atoms with E-state index in [1.54, 1.807) is 12.1 Å². The summed E-state index contributed by atoms with van der Waals surface area (Å²) in [4.78, 5) is 23.7. The van der Waals surface area contributed by atoms with Crippen LogP contribution in [0.15, 0.2) is 54.6 Å². The van der Waals surface area contributed by atoms with Crippen molar-refractivity contribution in [3.8, 4) is 5.75 Å². The van der Waals surface area contributed by atoms with Gasteiger partial charge in [-0.25, -0.2) is 4.79 Å². The maximum Gasteiger partial charge on any atom is 0.331 e. The van der Waals surface area contributed by atoms with Crippen molar-refractivity contribution in [2.24, 2.45) is 0 Å². The fourth-order valence-corrected chi connectivity index (χ4v) is 2.31. The number of esters is 1. The number of aryl methyl sites for hydroxylation is 1. The van der Waals surface area contributed by atoms with Crippen LogP contribution in [0.3, 0.4) is 0 Å². The first kappa shape index (κ1) is 19.2. The Morgan fingerprint density at radius 2 is 1.88 bits per heavy atom. The highest BCUT2D eigenvalue weighted by atomic mass is 16.5. The van der Waals surface area contributed by atoms with Crippen molar-refractivity contribution in [3.63, 3.8) is 0 Å². The standard InChI is InChI=1S/C21H23NO4/c1-3-16-8-7-10-18(14-16)22-20(23)15-26-21(24)13-12-17-9-5-6-11-19(17)25-4-2/h5-14H,3-4,15H2,1-2H3,(H,22,23)/b13-12+. The van der Waals surface area contributed by atoms with E-state index >= 15 is 0 Å². The Hall–Kier alpha value is -3.08. The van der Waals surface area contributed by atoms with Gasteiger partial charge in [-0.15, -0.1) is 0 Å². The van der Waals surface area contributed by atoms with Gasteiger partial charge in [0.25, 0.3) is 5.91 Å². The highest BCUT2D eigenvalue weighted by molar-refractivity contribution is 5.94. The molecule has 0 heterocycles. The summed E-state index contributed by atoms with van der Waals surface area (Å²) in [5.41, 5.74) is 2.58. The third-order valence-electron chi connectivity index (χ3n) is 3.58. The molecule has 0 radical (unpaired) electrons. The van der Waals surface area contributed by atoms with Crippen LogP contribution in [0, 0.1) is 0 Å². The van der Waals surface area contributed by atoms with Gasteiger partial charge >= 0.3 is 5.97 Å². The van der Waals surface area contributed by atoms with Gasteiger partial charge in [-0.1, -0.05) is 37.3 Å². The van der Waals surface area contributed by atoms with Gasteiger partial charge in [-0.2, -0.15) is 0 Å². The SMILES string of the molecule is CCOc1ccccc1/C=C/C(=O)OCC(=O)Nc1cccc(CC)c1. The van der Waals surface area contributed by atoms with Crippen molar-refractivity contribution in [2.45, 2.75) is 20.3 Å². The molecule has 2 aromatic carbocycles. The van der Waals surface area contributed by atoms with E-state index in [9.17, 15) is 9.59 Å². The van der Waals surface area contributed by atoms with Gasteiger partial charge in [0.15, 0.2) is 6.61 Å². The van der Waals surface area contributed by atoms with E-state index in [-0.39, 0.29) is 12.5 Å². The molecule has 0 saturated heterocycles. The van der Waals surface area contributed by atoms with Crippen molar-refractivity contribution >= 4 is 23.6 Å². The average Bonchev–Trinajstić information content (AvgIpc) is 2.66. The van der Waals surface area contributed by atoms with Crippen LogP contribution < -0.4 is 10.1 Å². The smallest absolute Gasteiger partial charge is 0.331 e. The van der Waals surface area contributed by atoms with Gasteiger partial charge < -0.3 is 14.8 Å². The number of hydrogen-bond acceptors (Lipinski definition) is 4. The monoisotopic (exact) mass is 353 g/mol. The number of anilines is 1. The molecule has 1 amide bonds. The average molecular weight is 353 g/mol. The molecule has 0 bridgehead atoms. The summed E-state index contributed by atoms with van der Waals surface area (Å²) in [6.07, 6.45) is 3.77. The van der Waals surface area contributed by atoms with E-state index < -0.39 is 5.97 Å². The topological polar surface area (TPSA) is 64.6 Å². The number of carbonyl (C=O) groups excluding carboxylic acids is 2. The fourth-order valence-electron chi connectivity index (χ4n) is 2.31. The highest BCUT2D eigenvalue weighted by Crippen LogP contribution is 2.19. The van der Waals surface area contributed by atoms with E-state index in [4.69, 9.17) is 9.47 Å². The molecular formula is C21H23NO4. The number of rotatable bonds is 8. The molecular weight excluding hydrogens is 330 g/mol. The quantitative estimate of drug-likeness (QED) is 0.578. The summed E-state index contributed by atoms with van der Waals surface area (Å²) in [6.45, 7) is 4.13. The first-order chi connectivity index (χ1) is 12.6. The molecule has 1 N–H and O–H groups in total. The predicted molar refractivity (Wildman–Crippen MR) is 102 cm³/mol. The molecule has 0 unspecified atom stereocenters. The van der Waals surface area contributed by atoms with Crippen LogP contribution in [0.25, 0.3) is 6.08 Å². The summed E-state index contributed by atoms with van der Waals surface area (Å²) in [5.74, 6) is -0.281. The van der Waals surface area contributed by atoms with Crippen molar-refractivity contribution in [2.75, 3.05) is 18.5 Å². The lowest BCUT2D eigenvalue weighted by molar-refractivity contribution is -0.142. The van der Waals surface area contributed by atoms with Crippen LogP contribution in [0.5, 0.6) is 5.75 Å². The van der Waals surface area contributed by atoms with Crippen LogP contribution in [0.2, 0.25) is 0 Å². The number of nitrogens with one attached hydrogen (secondary N) is 1. The summed E-state index contributed by atoms with van der Waals surface area (Å²) in [7, 11) is 0. The molecule has 5 heteroatoms. The Morgan fingerprint density at radius 3 is 2.65 bits per heavy atom. The zero-order chi connectivity index (χ0) is 18.8. The number of benzene rings is 2. The van der Waals surface area contributed by atoms with Crippen molar-refractivity contribution in [1.82, 2.24) is 0 Å². The van der Waals surface area contributed by atoms with E-state index in [1.165, 1.54) is 6.08 Å². The summed E-state index contributed by atoms with van der Waals surface area (Å²) >= 11 is 0. The summed E-state index contributed by atoms with van der Waals surface area (Å²) < 4.78 is 10.5. The molecule has 0 aromatic heterocycles. The largest absolute Gasteiger partial charge is 0.493 e. The summed E-state index contributed by atoms with van der Waals surface area (Å²) in [6, 6.07) is 14.9. The second kappa shape index (κ2) is 10.0. The third-order valence-corrected chi connectivity index (χ3v) is 3.58. The van der Waals surface area contributed by atoms with E-state index in [0.29, 0.717) is 18.0 Å². The normalized spacial score (nSPS) is 10.5. The number of carbonyl (C=O) groups is 2. The van der Waals surface area contributed by atoms with E-state index in [0.717, 1.165) is 17.5 Å². The molecule has 2 aromatic rings. The molecule has 0 saturated carbocycles. The lowest BCUT2D eigenvalue weighted by Gasteiger charge is -2.07. The van der Waals surface area contributed by atoms with Gasteiger partial charge in [0.1, 0.15) is 5.75 Å². The van der Waals surface area contributed by atoms with Crippen LogP contribution in [-0.2, 0) is 20.7 Å². The van der Waals surface area contributed by atoms with Crippen LogP contribution in [-0.4, -0.2) is 25.1 Å². The van der Waals surface area contributed by atoms with Gasteiger partial charge in [0.2, 0.25) is 0 Å². The van der Waals surface area contributed by atoms with Gasteiger partial charge in [0, 0.05) is 17.3 Å². The minimum Gasteiger partial charge on any atom is -0.493 e. The van der Waals surface area contributed by atoms with Crippen molar-refractivity contribution in [1.29, 1.82) is 0 Å². The first-order valence-electron chi connectivity index (χ1n) is 8.57. The minimum absolute atomic E-state index is 0.341. The van der Waals surface area contributed by atoms with Gasteiger partial charge in [-0.05, 0) is 43.2 Å². The third kappa shape index (κ3) is 6.09. The van der Waals surface area contributed by atoms with Gasteiger partial charge in [-0.3, -0.25) is 4.79 Å². The van der Waals surface area contributed by atoms with Crippen LogP contribution in [0.4, 0.5) is 5.69 Å². The second-order valence-corrected chi connectivity index (χ2v) is 5.51. The number of amides is 1. The van der Waals surface area contributed by atoms with E-state index in [2.05, 4.69) is 5.32 Å². The molecule has 0 atom stereocenters. The second-order valence-electron chi connectivity index (χ2n) is 5.51. The molecule has 136 valence electrons. The Bertz CT molecular complexity index is 783. The number of ether oxygens (including phenoxy) is 2. The molecule has 0 aliphatic carbocycles. The Kier molecular flexibility index (Phi) is 7.43. The maximum atomic E-state index is 11.9. The van der Waals surface area contributed by atoms with Crippen LogP contribution >= 0.6 is 0 Å². The van der Waals surface area contributed by atoms with Gasteiger partial charge in [0.05, 0.1) is 6.61 Å². The fraction of sp³-hybridized carbons (Fsp3) is 0.238. The van der Waals surface area contributed by atoms with Crippen molar-refractivity contribution < 1.29 is 19.1 Å². The molecule has 0 aliphatic heterocycles.